The Morgan fingerprint density at radius 3 is 1.85 bits per heavy atom. The third-order valence-corrected chi connectivity index (χ3v) is 2.54. The Morgan fingerprint density at radius 2 is 1.50 bits per heavy atom. The average Bonchev–Trinajstić information content (AvgIpc) is 2.37. The smallest absolute Gasteiger partial charge is 0.308 e. The number of carbonyl (C=O) groups excluding carboxylic acids is 2. The molecule has 0 amide bonds. The van der Waals surface area contributed by atoms with Crippen molar-refractivity contribution in [1.29, 1.82) is 0 Å². The summed E-state index contributed by atoms with van der Waals surface area (Å²) < 4.78 is 20.5. The highest BCUT2D eigenvalue weighted by molar-refractivity contribution is 5.72. The van der Waals surface area contributed by atoms with Crippen molar-refractivity contribution in [1.82, 2.24) is 0 Å². The number of hydrogen-bond acceptors (Lipinski definition) is 6. The lowest BCUT2D eigenvalue weighted by Crippen LogP contribution is -2.08. The molecule has 0 bridgehead atoms. The monoisotopic (exact) mass is 282 g/mol. The van der Waals surface area contributed by atoms with E-state index in [9.17, 15) is 9.59 Å². The van der Waals surface area contributed by atoms with Crippen LogP contribution in [0, 0.1) is 0 Å². The minimum atomic E-state index is -0.484. The van der Waals surface area contributed by atoms with Crippen LogP contribution < -0.4 is 14.2 Å². The number of rotatable bonds is 5. The van der Waals surface area contributed by atoms with Crippen molar-refractivity contribution < 1.29 is 28.5 Å². The van der Waals surface area contributed by atoms with Gasteiger partial charge in [-0.3, -0.25) is 9.59 Å². The second-order valence-electron chi connectivity index (χ2n) is 4.10. The van der Waals surface area contributed by atoms with Crippen molar-refractivity contribution >= 4 is 11.9 Å². The van der Waals surface area contributed by atoms with Gasteiger partial charge in [0.1, 0.15) is 6.10 Å². The van der Waals surface area contributed by atoms with Gasteiger partial charge in [-0.2, -0.15) is 0 Å². The van der Waals surface area contributed by atoms with E-state index < -0.39 is 12.1 Å². The molecule has 0 N–H and O–H groups in total. The van der Waals surface area contributed by atoms with Crippen molar-refractivity contribution in [3.8, 4) is 17.2 Å². The van der Waals surface area contributed by atoms with Crippen LogP contribution in [0.5, 0.6) is 17.2 Å². The number of benzene rings is 1. The van der Waals surface area contributed by atoms with Gasteiger partial charge in [0.15, 0.2) is 11.5 Å². The largest absolute Gasteiger partial charge is 0.493 e. The zero-order valence-electron chi connectivity index (χ0n) is 12.2. The summed E-state index contributed by atoms with van der Waals surface area (Å²) in [6.07, 6.45) is -0.471. The zero-order chi connectivity index (χ0) is 15.3. The fourth-order valence-electron chi connectivity index (χ4n) is 1.70. The molecular formula is C14H18O6. The number of esters is 2. The molecule has 6 heteroatoms. The fraction of sp³-hybridized carbons (Fsp3) is 0.429. The van der Waals surface area contributed by atoms with Gasteiger partial charge in [0.2, 0.25) is 5.75 Å². The van der Waals surface area contributed by atoms with Crippen molar-refractivity contribution in [3.05, 3.63) is 17.7 Å². The van der Waals surface area contributed by atoms with Gasteiger partial charge < -0.3 is 18.9 Å². The fourth-order valence-corrected chi connectivity index (χ4v) is 1.70. The van der Waals surface area contributed by atoms with E-state index in [1.165, 1.54) is 28.1 Å². The first-order valence-corrected chi connectivity index (χ1v) is 6.00. The molecule has 6 nitrogen and oxygen atoms in total. The Morgan fingerprint density at radius 1 is 1.00 bits per heavy atom. The Hall–Kier alpha value is -2.24. The first kappa shape index (κ1) is 15.8. The van der Waals surface area contributed by atoms with Gasteiger partial charge in [-0.25, -0.2) is 0 Å². The molecule has 0 fully saturated rings. The van der Waals surface area contributed by atoms with E-state index in [1.54, 1.807) is 19.1 Å². The summed E-state index contributed by atoms with van der Waals surface area (Å²) in [6, 6.07) is 3.27. The molecule has 1 rings (SSSR count). The maximum atomic E-state index is 11.1. The van der Waals surface area contributed by atoms with Crippen molar-refractivity contribution in [3.63, 3.8) is 0 Å². The molecule has 1 atom stereocenters. The van der Waals surface area contributed by atoms with Crippen molar-refractivity contribution in [2.75, 3.05) is 14.2 Å². The highest BCUT2D eigenvalue weighted by Crippen LogP contribution is 2.40. The summed E-state index contributed by atoms with van der Waals surface area (Å²) in [5.41, 5.74) is 0.671. The van der Waals surface area contributed by atoms with Gasteiger partial charge >= 0.3 is 11.9 Å². The number of hydrogen-bond donors (Lipinski definition) is 0. The van der Waals surface area contributed by atoms with E-state index in [0.29, 0.717) is 17.1 Å². The summed E-state index contributed by atoms with van der Waals surface area (Å²) in [5, 5.41) is 0. The van der Waals surface area contributed by atoms with Crippen LogP contribution in [0.4, 0.5) is 0 Å². The van der Waals surface area contributed by atoms with Crippen LogP contribution in [-0.4, -0.2) is 26.2 Å². The summed E-state index contributed by atoms with van der Waals surface area (Å²) in [7, 11) is 2.89. The number of carbonyl (C=O) groups is 2. The van der Waals surface area contributed by atoms with Crippen LogP contribution in [0.25, 0.3) is 0 Å². The first-order chi connectivity index (χ1) is 9.38. The van der Waals surface area contributed by atoms with Gasteiger partial charge in [0.25, 0.3) is 0 Å². The van der Waals surface area contributed by atoms with E-state index in [0.717, 1.165) is 0 Å². The summed E-state index contributed by atoms with van der Waals surface area (Å²) in [5.74, 6) is -0.0229. The Balaban J connectivity index is 3.24. The molecule has 0 heterocycles. The second kappa shape index (κ2) is 6.79. The summed E-state index contributed by atoms with van der Waals surface area (Å²) in [6.45, 7) is 4.34. The van der Waals surface area contributed by atoms with Gasteiger partial charge in [-0.1, -0.05) is 0 Å². The van der Waals surface area contributed by atoms with E-state index in [2.05, 4.69) is 0 Å². The lowest BCUT2D eigenvalue weighted by Gasteiger charge is -2.17. The maximum absolute atomic E-state index is 11.1. The van der Waals surface area contributed by atoms with E-state index in [1.807, 2.05) is 0 Å². The summed E-state index contributed by atoms with van der Waals surface area (Å²) >= 11 is 0. The Bertz CT molecular complexity index is 483. The first-order valence-electron chi connectivity index (χ1n) is 6.00. The highest BCUT2D eigenvalue weighted by Gasteiger charge is 2.19. The van der Waals surface area contributed by atoms with Crippen molar-refractivity contribution in [2.24, 2.45) is 0 Å². The molecular weight excluding hydrogens is 264 g/mol. The molecule has 0 aromatic heterocycles. The molecule has 0 aliphatic carbocycles. The van der Waals surface area contributed by atoms with Crippen LogP contribution in [0.15, 0.2) is 12.1 Å². The second-order valence-corrected chi connectivity index (χ2v) is 4.10. The quantitative estimate of drug-likeness (QED) is 0.609. The van der Waals surface area contributed by atoms with Crippen LogP contribution in [-0.2, 0) is 14.3 Å². The average molecular weight is 282 g/mol. The molecule has 0 saturated heterocycles. The van der Waals surface area contributed by atoms with E-state index in [-0.39, 0.29) is 11.7 Å². The van der Waals surface area contributed by atoms with Gasteiger partial charge in [-0.15, -0.1) is 0 Å². The molecule has 0 aliphatic rings. The molecule has 20 heavy (non-hydrogen) atoms. The molecule has 1 unspecified atom stereocenters. The maximum Gasteiger partial charge on any atom is 0.308 e. The zero-order valence-corrected chi connectivity index (χ0v) is 12.2. The summed E-state index contributed by atoms with van der Waals surface area (Å²) in [4.78, 5) is 22.1. The number of ether oxygens (including phenoxy) is 4. The van der Waals surface area contributed by atoms with Crippen LogP contribution in [0.3, 0.4) is 0 Å². The van der Waals surface area contributed by atoms with Gasteiger partial charge in [0, 0.05) is 13.8 Å². The Kier molecular flexibility index (Phi) is 5.37. The topological polar surface area (TPSA) is 71.1 Å². The third kappa shape index (κ3) is 3.88. The molecule has 1 aromatic carbocycles. The third-order valence-electron chi connectivity index (χ3n) is 2.54. The molecule has 0 radical (unpaired) electrons. The van der Waals surface area contributed by atoms with E-state index in [4.69, 9.17) is 18.9 Å². The lowest BCUT2D eigenvalue weighted by atomic mass is 10.1. The molecule has 0 spiro atoms. The van der Waals surface area contributed by atoms with Crippen LogP contribution >= 0.6 is 0 Å². The number of methoxy groups -OCH3 is 2. The molecule has 110 valence electrons. The van der Waals surface area contributed by atoms with Crippen molar-refractivity contribution in [2.45, 2.75) is 26.9 Å². The minimum Gasteiger partial charge on any atom is -0.493 e. The molecule has 1 aromatic rings. The SMILES string of the molecule is COc1cc(C(C)OC(C)=O)cc(OC)c1OC(C)=O. The lowest BCUT2D eigenvalue weighted by molar-refractivity contribution is -0.145. The van der Waals surface area contributed by atoms with Gasteiger partial charge in [-0.05, 0) is 24.6 Å². The standard InChI is InChI=1S/C14H18O6/c1-8(19-9(2)15)11-6-12(17-4)14(20-10(3)16)13(7-11)18-5/h6-8H,1-5H3. The highest BCUT2D eigenvalue weighted by atomic mass is 16.6. The predicted molar refractivity (Wildman–Crippen MR) is 71.0 cm³/mol. The van der Waals surface area contributed by atoms with Crippen LogP contribution in [0.2, 0.25) is 0 Å². The minimum absolute atomic E-state index is 0.196. The molecule has 0 saturated carbocycles. The Labute approximate surface area is 117 Å². The molecule has 0 aliphatic heterocycles. The predicted octanol–water partition coefficient (Wildman–Crippen LogP) is 2.25. The van der Waals surface area contributed by atoms with Crippen LogP contribution in [0.1, 0.15) is 32.4 Å². The normalized spacial score (nSPS) is 11.4. The van der Waals surface area contributed by atoms with Gasteiger partial charge in [0.05, 0.1) is 14.2 Å². The van der Waals surface area contributed by atoms with E-state index >= 15 is 0 Å².